The number of carboxylic acid groups (broad SMARTS) is 1. The number of pyridine rings is 1. The van der Waals surface area contributed by atoms with Crippen molar-refractivity contribution in [3.05, 3.63) is 53.0 Å². The van der Waals surface area contributed by atoms with Crippen LogP contribution in [0.4, 0.5) is 4.39 Å². The lowest BCUT2D eigenvalue weighted by molar-refractivity contribution is -0.137. The standard InChI is InChI=1S/C30H32FN5O6S.CH2O2/c1-42-19-6-9-34(10-7-19)13-17-12-24(32-28-20(17)8-11-35(28)18-15-43(40,41)16-18)22-3-2-21-23(27(22)31)14-36(30(21)39)25-4-5-26(37)33-29(25)38;2-1-3/h2-3,8,11-12,18-19,25H,4-7,9-10,13-16H2,1H3,(H,33,37,38);1H,(H,2,3). The van der Waals surface area contributed by atoms with Crippen LogP contribution in [0.2, 0.25) is 0 Å². The molecule has 15 heteroatoms. The first-order valence-electron chi connectivity index (χ1n) is 15.0. The molecule has 3 aromatic rings. The normalized spacial score (nSPS) is 21.8. The Kier molecular flexibility index (Phi) is 8.65. The second-order valence-electron chi connectivity index (χ2n) is 12.0. The van der Waals surface area contributed by atoms with E-state index in [0.717, 1.165) is 36.9 Å². The lowest BCUT2D eigenvalue weighted by Gasteiger charge is -2.31. The van der Waals surface area contributed by atoms with Crippen molar-refractivity contribution in [2.24, 2.45) is 0 Å². The number of halogens is 1. The number of methoxy groups -OCH3 is 1. The van der Waals surface area contributed by atoms with Crippen LogP contribution in [0.25, 0.3) is 22.3 Å². The van der Waals surface area contributed by atoms with E-state index in [4.69, 9.17) is 19.6 Å². The maximum absolute atomic E-state index is 16.3. The molecule has 1 aromatic carbocycles. The summed E-state index contributed by atoms with van der Waals surface area (Å²) in [7, 11) is -1.35. The Morgan fingerprint density at radius 1 is 1.11 bits per heavy atom. The highest BCUT2D eigenvalue weighted by Gasteiger charge is 2.41. The van der Waals surface area contributed by atoms with E-state index < -0.39 is 33.5 Å². The van der Waals surface area contributed by atoms with Gasteiger partial charge in [-0.1, -0.05) is 0 Å². The summed E-state index contributed by atoms with van der Waals surface area (Å²) in [4.78, 5) is 54.2. The predicted molar refractivity (Wildman–Crippen MR) is 163 cm³/mol. The average Bonchev–Trinajstić information content (AvgIpc) is 3.58. The molecule has 46 heavy (non-hydrogen) atoms. The molecular formula is C31H34FN5O8S. The highest BCUT2D eigenvalue weighted by molar-refractivity contribution is 7.92. The third kappa shape index (κ3) is 5.89. The average molecular weight is 656 g/mol. The maximum Gasteiger partial charge on any atom is 0.290 e. The SMILES string of the molecule is COC1CCN(Cc2cc(-c3ccc4c(c3F)CN(C3CCC(=O)NC3=O)C4=O)nc3c2ccn3C2CS(=O)(=O)C2)CC1.O=CO. The summed E-state index contributed by atoms with van der Waals surface area (Å²) in [6.45, 7) is 1.99. The Morgan fingerprint density at radius 2 is 1.80 bits per heavy atom. The van der Waals surface area contributed by atoms with Crippen molar-refractivity contribution in [2.75, 3.05) is 31.7 Å². The van der Waals surface area contributed by atoms with Crippen LogP contribution < -0.4 is 5.32 Å². The van der Waals surface area contributed by atoms with E-state index in [1.165, 1.54) is 4.90 Å². The minimum atomic E-state index is -3.08. The molecule has 0 aliphatic carbocycles. The molecule has 1 atom stereocenters. The summed E-state index contributed by atoms with van der Waals surface area (Å²) in [5.74, 6) is -1.89. The van der Waals surface area contributed by atoms with Crippen molar-refractivity contribution >= 4 is 45.1 Å². The first-order chi connectivity index (χ1) is 22.0. The highest BCUT2D eigenvalue weighted by atomic mass is 32.2. The Morgan fingerprint density at radius 3 is 2.46 bits per heavy atom. The van der Waals surface area contributed by atoms with Crippen molar-refractivity contribution < 1.29 is 41.8 Å². The highest BCUT2D eigenvalue weighted by Crippen LogP contribution is 2.37. The van der Waals surface area contributed by atoms with E-state index in [-0.39, 0.29) is 72.1 Å². The molecule has 4 aliphatic heterocycles. The van der Waals surface area contributed by atoms with Gasteiger partial charge in [0.1, 0.15) is 17.5 Å². The molecule has 0 radical (unpaired) electrons. The van der Waals surface area contributed by atoms with Gasteiger partial charge in [0.15, 0.2) is 9.84 Å². The van der Waals surface area contributed by atoms with Crippen molar-refractivity contribution in [1.29, 1.82) is 0 Å². The number of hydrogen-bond acceptors (Lipinski definition) is 9. The number of nitrogens with zero attached hydrogens (tertiary/aromatic N) is 4. The summed E-state index contributed by atoms with van der Waals surface area (Å²) in [6, 6.07) is 5.87. The fourth-order valence-corrected chi connectivity index (χ4v) is 8.20. The topological polar surface area (TPSA) is 168 Å². The van der Waals surface area contributed by atoms with Crippen LogP contribution in [0.5, 0.6) is 0 Å². The number of sulfone groups is 1. The lowest BCUT2D eigenvalue weighted by Crippen LogP contribution is -2.52. The van der Waals surface area contributed by atoms with Crippen LogP contribution in [0.1, 0.15) is 53.2 Å². The van der Waals surface area contributed by atoms with Crippen LogP contribution in [-0.4, -0.2) is 101 Å². The smallest absolute Gasteiger partial charge is 0.290 e. The largest absolute Gasteiger partial charge is 0.483 e. The van der Waals surface area contributed by atoms with Gasteiger partial charge in [0.05, 0.1) is 35.9 Å². The number of benzene rings is 1. The van der Waals surface area contributed by atoms with Gasteiger partial charge < -0.3 is 19.3 Å². The summed E-state index contributed by atoms with van der Waals surface area (Å²) < 4.78 is 47.6. The van der Waals surface area contributed by atoms with Gasteiger partial charge in [0.25, 0.3) is 12.4 Å². The molecule has 2 N–H and O–H groups in total. The van der Waals surface area contributed by atoms with Crippen LogP contribution >= 0.6 is 0 Å². The number of amides is 3. The second-order valence-corrected chi connectivity index (χ2v) is 14.2. The van der Waals surface area contributed by atoms with Gasteiger partial charge in [-0.05, 0) is 49.1 Å². The molecule has 3 fully saturated rings. The molecule has 3 amide bonds. The zero-order valence-corrected chi connectivity index (χ0v) is 26.0. The number of hydrogen-bond donors (Lipinski definition) is 2. The molecular weight excluding hydrogens is 621 g/mol. The number of carbonyl (C=O) groups is 4. The summed E-state index contributed by atoms with van der Waals surface area (Å²) in [5, 5.41) is 10.0. The third-order valence-electron chi connectivity index (χ3n) is 9.24. The van der Waals surface area contributed by atoms with E-state index >= 15 is 4.39 Å². The molecule has 13 nitrogen and oxygen atoms in total. The first kappa shape index (κ1) is 31.8. The second kappa shape index (κ2) is 12.5. The number of likely N-dealkylation sites (tertiary alicyclic amines) is 1. The van der Waals surface area contributed by atoms with Crippen LogP contribution in [0, 0.1) is 5.82 Å². The van der Waals surface area contributed by atoms with E-state index in [2.05, 4.69) is 10.2 Å². The minimum absolute atomic E-state index is 0.0358. The van der Waals surface area contributed by atoms with Crippen molar-refractivity contribution in [3.8, 4) is 11.3 Å². The summed E-state index contributed by atoms with van der Waals surface area (Å²) in [6.07, 6.45) is 4.22. The molecule has 0 spiro atoms. The zero-order valence-electron chi connectivity index (χ0n) is 25.1. The quantitative estimate of drug-likeness (QED) is 0.296. The van der Waals surface area contributed by atoms with Gasteiger partial charge in [0.2, 0.25) is 11.8 Å². The third-order valence-corrected chi connectivity index (χ3v) is 11.0. The van der Waals surface area contributed by atoms with Crippen molar-refractivity contribution in [2.45, 2.75) is 57.0 Å². The molecule has 3 saturated heterocycles. The number of piperidine rings is 2. The van der Waals surface area contributed by atoms with Crippen molar-refractivity contribution in [3.63, 3.8) is 0 Å². The maximum atomic E-state index is 16.3. The lowest BCUT2D eigenvalue weighted by atomic mass is 10.00. The van der Waals surface area contributed by atoms with Crippen LogP contribution in [0.3, 0.4) is 0 Å². The molecule has 4 aliphatic rings. The van der Waals surface area contributed by atoms with E-state index in [1.807, 2.05) is 22.9 Å². The number of fused-ring (bicyclic) bond motifs is 2. The number of rotatable bonds is 6. The molecule has 1 unspecified atom stereocenters. The van der Waals surface area contributed by atoms with E-state index in [1.54, 1.807) is 19.2 Å². The molecule has 6 heterocycles. The van der Waals surface area contributed by atoms with Crippen molar-refractivity contribution in [1.82, 2.24) is 24.7 Å². The Bertz CT molecular complexity index is 1820. The molecule has 0 bridgehead atoms. The zero-order chi connectivity index (χ0) is 32.7. The van der Waals surface area contributed by atoms with E-state index in [9.17, 15) is 22.8 Å². The van der Waals surface area contributed by atoms with Gasteiger partial charge in [-0.25, -0.2) is 17.8 Å². The van der Waals surface area contributed by atoms with E-state index in [0.29, 0.717) is 17.9 Å². The molecule has 244 valence electrons. The fraction of sp³-hybridized carbons (Fsp3) is 0.452. The van der Waals surface area contributed by atoms with Gasteiger partial charge in [-0.3, -0.25) is 29.4 Å². The number of nitrogens with one attached hydrogen (secondary N) is 1. The number of ether oxygens (including phenoxy) is 1. The van der Waals surface area contributed by atoms with Gasteiger partial charge >= 0.3 is 0 Å². The van der Waals surface area contributed by atoms with Gasteiger partial charge in [-0.15, -0.1) is 0 Å². The Labute approximate surface area is 264 Å². The van der Waals surface area contributed by atoms with Gasteiger partial charge in [-0.2, -0.15) is 0 Å². The Balaban J connectivity index is 0.00000119. The fourth-order valence-electron chi connectivity index (χ4n) is 6.80. The predicted octanol–water partition coefficient (Wildman–Crippen LogP) is 1.88. The summed E-state index contributed by atoms with van der Waals surface area (Å²) in [5.41, 5.74) is 2.56. The Hall–Kier alpha value is -4.21. The number of imide groups is 1. The van der Waals surface area contributed by atoms with Crippen LogP contribution in [-0.2, 0) is 42.0 Å². The van der Waals surface area contributed by atoms with Crippen LogP contribution in [0.15, 0.2) is 30.5 Å². The monoisotopic (exact) mass is 655 g/mol. The minimum Gasteiger partial charge on any atom is -0.483 e. The number of carbonyl (C=O) groups excluding carboxylic acids is 3. The van der Waals surface area contributed by atoms with Gasteiger partial charge in [0, 0.05) is 61.4 Å². The first-order valence-corrected chi connectivity index (χ1v) is 16.9. The molecule has 0 saturated carbocycles. The summed E-state index contributed by atoms with van der Waals surface area (Å²) >= 11 is 0. The number of aromatic nitrogens is 2. The molecule has 2 aromatic heterocycles. The molecule has 7 rings (SSSR count).